The highest BCUT2D eigenvalue weighted by Crippen LogP contribution is 2.23. The molecule has 3 rings (SSSR count). The fourth-order valence-corrected chi connectivity index (χ4v) is 1.38. The fraction of sp³-hybridized carbons (Fsp3) is 0. The lowest BCUT2D eigenvalue weighted by Crippen LogP contribution is -1.82. The summed E-state index contributed by atoms with van der Waals surface area (Å²) in [5.41, 5.74) is 8.26. The molecule has 1 aromatic carbocycles. The standard InChI is InChI=1S/C10H7N3O2/c11-6-1-2-9-8(5-6)12-10(15-9)7-3-4-14-13-7/h1-5H,11H2. The highest BCUT2D eigenvalue weighted by atomic mass is 16.5. The molecule has 3 aromatic rings. The second-order valence-corrected chi connectivity index (χ2v) is 3.13. The summed E-state index contributed by atoms with van der Waals surface area (Å²) in [6.07, 6.45) is 1.47. The maximum atomic E-state index is 5.64. The first-order valence-electron chi connectivity index (χ1n) is 4.40. The first-order valence-corrected chi connectivity index (χ1v) is 4.40. The summed E-state index contributed by atoms with van der Waals surface area (Å²) >= 11 is 0. The molecular weight excluding hydrogens is 194 g/mol. The lowest BCUT2D eigenvalue weighted by atomic mass is 10.3. The number of benzene rings is 1. The average Bonchev–Trinajstić information content (AvgIpc) is 2.84. The summed E-state index contributed by atoms with van der Waals surface area (Å²) in [6, 6.07) is 6.98. The smallest absolute Gasteiger partial charge is 0.249 e. The Hall–Kier alpha value is -2.30. The quantitative estimate of drug-likeness (QED) is 0.609. The van der Waals surface area contributed by atoms with Gasteiger partial charge in [-0.1, -0.05) is 5.16 Å². The number of rotatable bonds is 1. The Kier molecular flexibility index (Phi) is 1.53. The van der Waals surface area contributed by atoms with Crippen molar-refractivity contribution in [3.63, 3.8) is 0 Å². The summed E-state index contributed by atoms with van der Waals surface area (Å²) in [7, 11) is 0. The number of aromatic nitrogens is 2. The van der Waals surface area contributed by atoms with Crippen molar-refractivity contribution in [1.82, 2.24) is 10.1 Å². The van der Waals surface area contributed by atoms with Gasteiger partial charge in [-0.2, -0.15) is 0 Å². The minimum absolute atomic E-state index is 0.435. The molecular formula is C10H7N3O2. The Morgan fingerprint density at radius 2 is 2.13 bits per heavy atom. The average molecular weight is 201 g/mol. The van der Waals surface area contributed by atoms with Gasteiger partial charge in [-0.3, -0.25) is 0 Å². The third-order valence-corrected chi connectivity index (χ3v) is 2.07. The van der Waals surface area contributed by atoms with Crippen molar-refractivity contribution in [2.24, 2.45) is 0 Å². The van der Waals surface area contributed by atoms with Crippen LogP contribution in [0.25, 0.3) is 22.7 Å². The molecule has 0 unspecified atom stereocenters. The fourth-order valence-electron chi connectivity index (χ4n) is 1.38. The van der Waals surface area contributed by atoms with Crippen LogP contribution in [0.1, 0.15) is 0 Å². The van der Waals surface area contributed by atoms with Crippen LogP contribution in [0.4, 0.5) is 5.69 Å². The van der Waals surface area contributed by atoms with Crippen LogP contribution in [0, 0.1) is 0 Å². The van der Waals surface area contributed by atoms with Crippen molar-refractivity contribution in [2.45, 2.75) is 0 Å². The van der Waals surface area contributed by atoms with E-state index in [2.05, 4.69) is 10.1 Å². The molecule has 0 aliphatic carbocycles. The van der Waals surface area contributed by atoms with Crippen LogP contribution in [-0.4, -0.2) is 10.1 Å². The lowest BCUT2D eigenvalue weighted by molar-refractivity contribution is 0.419. The third kappa shape index (κ3) is 1.25. The normalized spacial score (nSPS) is 10.9. The van der Waals surface area contributed by atoms with Crippen LogP contribution >= 0.6 is 0 Å². The number of nitrogen functional groups attached to an aromatic ring is 1. The number of nitrogens with two attached hydrogens (primary N) is 1. The SMILES string of the molecule is Nc1ccc2oc(-c3ccon3)nc2c1. The molecule has 0 saturated heterocycles. The number of fused-ring (bicyclic) bond motifs is 1. The lowest BCUT2D eigenvalue weighted by Gasteiger charge is -1.88. The Morgan fingerprint density at radius 1 is 1.20 bits per heavy atom. The van der Waals surface area contributed by atoms with E-state index in [1.165, 1.54) is 6.26 Å². The predicted molar refractivity (Wildman–Crippen MR) is 53.9 cm³/mol. The maximum absolute atomic E-state index is 5.64. The second-order valence-electron chi connectivity index (χ2n) is 3.13. The number of nitrogens with zero attached hydrogens (tertiary/aromatic N) is 2. The zero-order valence-corrected chi connectivity index (χ0v) is 7.68. The van der Waals surface area contributed by atoms with Gasteiger partial charge in [-0.25, -0.2) is 4.98 Å². The molecule has 0 aliphatic heterocycles. The highest BCUT2D eigenvalue weighted by molar-refractivity contribution is 5.78. The summed E-state index contributed by atoms with van der Waals surface area (Å²) in [5.74, 6) is 0.435. The molecule has 0 amide bonds. The molecule has 0 aliphatic rings. The molecule has 0 saturated carbocycles. The van der Waals surface area contributed by atoms with Gasteiger partial charge in [-0.05, 0) is 18.2 Å². The summed E-state index contributed by atoms with van der Waals surface area (Å²) in [5, 5.41) is 3.74. The molecule has 2 N–H and O–H groups in total. The van der Waals surface area contributed by atoms with Gasteiger partial charge in [0.25, 0.3) is 0 Å². The molecule has 0 bridgehead atoms. The molecule has 5 nitrogen and oxygen atoms in total. The molecule has 0 atom stereocenters. The van der Waals surface area contributed by atoms with E-state index in [0.29, 0.717) is 28.4 Å². The van der Waals surface area contributed by atoms with Crippen molar-refractivity contribution >= 4 is 16.8 Å². The summed E-state index contributed by atoms with van der Waals surface area (Å²) < 4.78 is 10.2. The zero-order valence-electron chi connectivity index (χ0n) is 7.68. The largest absolute Gasteiger partial charge is 0.435 e. The van der Waals surface area contributed by atoms with Crippen LogP contribution in [0.3, 0.4) is 0 Å². The van der Waals surface area contributed by atoms with E-state index in [1.807, 2.05) is 0 Å². The number of hydrogen-bond donors (Lipinski definition) is 1. The van der Waals surface area contributed by atoms with Crippen molar-refractivity contribution in [3.05, 3.63) is 30.5 Å². The van der Waals surface area contributed by atoms with E-state index in [9.17, 15) is 0 Å². The van der Waals surface area contributed by atoms with E-state index in [4.69, 9.17) is 14.7 Å². The van der Waals surface area contributed by atoms with E-state index < -0.39 is 0 Å². The van der Waals surface area contributed by atoms with Crippen LogP contribution in [0.5, 0.6) is 0 Å². The van der Waals surface area contributed by atoms with E-state index in [0.717, 1.165) is 0 Å². The molecule has 2 aromatic heterocycles. The highest BCUT2D eigenvalue weighted by Gasteiger charge is 2.10. The molecule has 74 valence electrons. The Morgan fingerprint density at radius 3 is 2.93 bits per heavy atom. The van der Waals surface area contributed by atoms with E-state index in [-0.39, 0.29) is 0 Å². The van der Waals surface area contributed by atoms with Crippen molar-refractivity contribution in [2.75, 3.05) is 5.73 Å². The summed E-state index contributed by atoms with van der Waals surface area (Å²) in [6.45, 7) is 0. The van der Waals surface area contributed by atoms with Crippen LogP contribution in [0.15, 0.2) is 39.5 Å². The van der Waals surface area contributed by atoms with Crippen molar-refractivity contribution in [3.8, 4) is 11.6 Å². The van der Waals surface area contributed by atoms with Gasteiger partial charge in [0.05, 0.1) is 0 Å². The van der Waals surface area contributed by atoms with Gasteiger partial charge in [0.2, 0.25) is 5.89 Å². The maximum Gasteiger partial charge on any atom is 0.249 e. The van der Waals surface area contributed by atoms with Gasteiger partial charge in [0.1, 0.15) is 11.8 Å². The topological polar surface area (TPSA) is 78.1 Å². The molecule has 0 fully saturated rings. The number of oxazole rings is 1. The molecule has 15 heavy (non-hydrogen) atoms. The number of anilines is 1. The molecule has 0 radical (unpaired) electrons. The van der Waals surface area contributed by atoms with Crippen LogP contribution < -0.4 is 5.73 Å². The van der Waals surface area contributed by atoms with Gasteiger partial charge in [0, 0.05) is 11.8 Å². The Labute approximate surface area is 84.5 Å². The Bertz CT molecular complexity index is 598. The van der Waals surface area contributed by atoms with Crippen LogP contribution in [0.2, 0.25) is 0 Å². The van der Waals surface area contributed by atoms with Crippen LogP contribution in [-0.2, 0) is 0 Å². The van der Waals surface area contributed by atoms with E-state index >= 15 is 0 Å². The molecule has 0 spiro atoms. The van der Waals surface area contributed by atoms with Crippen molar-refractivity contribution < 1.29 is 8.94 Å². The van der Waals surface area contributed by atoms with Gasteiger partial charge >= 0.3 is 0 Å². The predicted octanol–water partition coefficient (Wildman–Crippen LogP) is 2.06. The van der Waals surface area contributed by atoms with Crippen molar-refractivity contribution in [1.29, 1.82) is 0 Å². The minimum Gasteiger partial charge on any atom is -0.435 e. The molecule has 2 heterocycles. The van der Waals surface area contributed by atoms with E-state index in [1.54, 1.807) is 24.3 Å². The first kappa shape index (κ1) is 8.05. The monoisotopic (exact) mass is 201 g/mol. The third-order valence-electron chi connectivity index (χ3n) is 2.07. The van der Waals surface area contributed by atoms with Gasteiger partial charge < -0.3 is 14.7 Å². The summed E-state index contributed by atoms with van der Waals surface area (Å²) in [4.78, 5) is 4.25. The van der Waals surface area contributed by atoms with Gasteiger partial charge in [0.15, 0.2) is 11.3 Å². The second kappa shape index (κ2) is 2.84. The van der Waals surface area contributed by atoms with Gasteiger partial charge in [-0.15, -0.1) is 0 Å². The Balaban J connectivity index is 2.22. The first-order chi connectivity index (χ1) is 7.33. The zero-order chi connectivity index (χ0) is 10.3. The minimum atomic E-state index is 0.435. The molecule has 5 heteroatoms. The number of hydrogen-bond acceptors (Lipinski definition) is 5.